The number of aromatic amines is 1. The standard InChI is InChI=1S/C26H21N5O5/c1-35-15-12-10-14(11-13-15)22-21-23(29-28-22)17-7-5-8-18(20(17)24(21)32)27-26(34)31-30-25(33)16-6-3-4-9-19(16)36-2/h3-13H,1-2H3,(H,28,29)(H,30,33)(H2,27,31,34). The molecule has 0 saturated heterocycles. The summed E-state index contributed by atoms with van der Waals surface area (Å²) in [4.78, 5) is 38.4. The van der Waals surface area contributed by atoms with Crippen molar-refractivity contribution in [2.45, 2.75) is 0 Å². The minimum Gasteiger partial charge on any atom is -0.497 e. The van der Waals surface area contributed by atoms with Gasteiger partial charge in [0, 0.05) is 11.1 Å². The summed E-state index contributed by atoms with van der Waals surface area (Å²) in [6, 6.07) is 18.2. The Bertz CT molecular complexity index is 1490. The highest BCUT2D eigenvalue weighted by Gasteiger charge is 2.35. The van der Waals surface area contributed by atoms with Crippen molar-refractivity contribution < 1.29 is 23.9 Å². The molecular formula is C26H21N5O5. The number of anilines is 1. The number of ether oxygens (including phenoxy) is 2. The molecule has 36 heavy (non-hydrogen) atoms. The molecule has 0 fully saturated rings. The first-order chi connectivity index (χ1) is 17.5. The summed E-state index contributed by atoms with van der Waals surface area (Å²) in [5.41, 5.74) is 8.39. The largest absolute Gasteiger partial charge is 0.497 e. The van der Waals surface area contributed by atoms with Gasteiger partial charge in [-0.25, -0.2) is 10.2 Å². The van der Waals surface area contributed by atoms with Gasteiger partial charge in [0.1, 0.15) is 17.2 Å². The lowest BCUT2D eigenvalue weighted by Crippen LogP contribution is -2.44. The minimum absolute atomic E-state index is 0.257. The van der Waals surface area contributed by atoms with Gasteiger partial charge in [0.25, 0.3) is 5.91 Å². The molecular weight excluding hydrogens is 462 g/mol. The highest BCUT2D eigenvalue weighted by Crippen LogP contribution is 2.43. The van der Waals surface area contributed by atoms with Gasteiger partial charge in [0.2, 0.25) is 0 Å². The van der Waals surface area contributed by atoms with Crippen LogP contribution in [0.4, 0.5) is 10.5 Å². The first kappa shape index (κ1) is 22.7. The number of carbonyl (C=O) groups is 3. The van der Waals surface area contributed by atoms with E-state index in [0.717, 1.165) is 5.56 Å². The number of H-pyrrole nitrogens is 1. The molecule has 3 aromatic carbocycles. The van der Waals surface area contributed by atoms with Gasteiger partial charge in [-0.15, -0.1) is 0 Å². The number of nitrogens with zero attached hydrogens (tertiary/aromatic N) is 1. The molecule has 1 aliphatic rings. The number of nitrogens with one attached hydrogen (secondary N) is 4. The van der Waals surface area contributed by atoms with Crippen LogP contribution < -0.4 is 25.6 Å². The summed E-state index contributed by atoms with van der Waals surface area (Å²) >= 11 is 0. The Balaban J connectivity index is 1.34. The molecule has 4 N–H and O–H groups in total. The van der Waals surface area contributed by atoms with Crippen molar-refractivity contribution in [3.63, 3.8) is 0 Å². The van der Waals surface area contributed by atoms with Crippen LogP contribution in [0.15, 0.2) is 66.7 Å². The lowest BCUT2D eigenvalue weighted by Gasteiger charge is -2.12. The van der Waals surface area contributed by atoms with Crippen LogP contribution in [0.2, 0.25) is 0 Å². The highest BCUT2D eigenvalue weighted by molar-refractivity contribution is 6.27. The van der Waals surface area contributed by atoms with E-state index in [1.165, 1.54) is 7.11 Å². The molecule has 0 bridgehead atoms. The zero-order valence-corrected chi connectivity index (χ0v) is 19.3. The van der Waals surface area contributed by atoms with Gasteiger partial charge in [-0.1, -0.05) is 24.3 Å². The van der Waals surface area contributed by atoms with Crippen LogP contribution >= 0.6 is 0 Å². The fraction of sp³-hybridized carbons (Fsp3) is 0.0769. The van der Waals surface area contributed by atoms with Crippen molar-refractivity contribution in [1.82, 2.24) is 21.0 Å². The predicted molar refractivity (Wildman–Crippen MR) is 132 cm³/mol. The van der Waals surface area contributed by atoms with Gasteiger partial charge in [-0.2, -0.15) is 5.10 Å². The molecule has 0 atom stereocenters. The molecule has 0 spiro atoms. The Hall–Kier alpha value is -5.12. The summed E-state index contributed by atoms with van der Waals surface area (Å²) in [7, 11) is 3.03. The number of amides is 3. The summed E-state index contributed by atoms with van der Waals surface area (Å²) in [6.45, 7) is 0. The van der Waals surface area contributed by atoms with Crippen LogP contribution in [-0.2, 0) is 0 Å². The van der Waals surface area contributed by atoms with Crippen molar-refractivity contribution in [1.29, 1.82) is 0 Å². The summed E-state index contributed by atoms with van der Waals surface area (Å²) < 4.78 is 10.4. The molecule has 10 nitrogen and oxygen atoms in total. The van der Waals surface area contributed by atoms with Crippen molar-refractivity contribution in [2.75, 3.05) is 19.5 Å². The topological polar surface area (TPSA) is 134 Å². The monoisotopic (exact) mass is 483 g/mol. The average Bonchev–Trinajstić information content (AvgIpc) is 3.47. The molecule has 1 aromatic heterocycles. The second kappa shape index (κ2) is 9.26. The molecule has 1 aliphatic carbocycles. The van der Waals surface area contributed by atoms with Crippen molar-refractivity contribution in [3.8, 4) is 34.0 Å². The Morgan fingerprint density at radius 1 is 0.861 bits per heavy atom. The average molecular weight is 483 g/mol. The van der Waals surface area contributed by atoms with Gasteiger partial charge in [-0.3, -0.25) is 20.1 Å². The van der Waals surface area contributed by atoms with E-state index >= 15 is 0 Å². The number of para-hydroxylation sites is 1. The van der Waals surface area contributed by atoms with E-state index in [4.69, 9.17) is 9.47 Å². The smallest absolute Gasteiger partial charge is 0.337 e. The maximum Gasteiger partial charge on any atom is 0.337 e. The van der Waals surface area contributed by atoms with E-state index in [1.807, 2.05) is 12.1 Å². The third-order valence-electron chi connectivity index (χ3n) is 5.81. The van der Waals surface area contributed by atoms with E-state index in [1.54, 1.807) is 61.7 Å². The summed E-state index contributed by atoms with van der Waals surface area (Å²) in [5.74, 6) is 0.236. The molecule has 0 saturated carbocycles. The number of hydrazine groups is 1. The van der Waals surface area contributed by atoms with Gasteiger partial charge < -0.3 is 14.8 Å². The normalized spacial score (nSPS) is 11.3. The first-order valence-electron chi connectivity index (χ1n) is 10.9. The van der Waals surface area contributed by atoms with E-state index in [2.05, 4.69) is 26.4 Å². The maximum absolute atomic E-state index is 13.5. The maximum atomic E-state index is 13.5. The Morgan fingerprint density at radius 3 is 2.39 bits per heavy atom. The number of hydrogen-bond acceptors (Lipinski definition) is 6. The van der Waals surface area contributed by atoms with Crippen LogP contribution in [0.25, 0.3) is 22.5 Å². The highest BCUT2D eigenvalue weighted by atomic mass is 16.5. The molecule has 0 radical (unpaired) electrons. The van der Waals surface area contributed by atoms with E-state index < -0.39 is 11.9 Å². The van der Waals surface area contributed by atoms with Crippen LogP contribution in [0.1, 0.15) is 26.3 Å². The predicted octanol–water partition coefficient (Wildman–Crippen LogP) is 3.77. The fourth-order valence-corrected chi connectivity index (χ4v) is 4.11. The number of hydrogen-bond donors (Lipinski definition) is 4. The Kier molecular flexibility index (Phi) is 5.83. The second-order valence-electron chi connectivity index (χ2n) is 7.84. The third kappa shape index (κ3) is 3.90. The number of rotatable bonds is 5. The van der Waals surface area contributed by atoms with Gasteiger partial charge in [0.05, 0.1) is 42.3 Å². The summed E-state index contributed by atoms with van der Waals surface area (Å²) in [6.07, 6.45) is 0. The molecule has 4 aromatic rings. The van der Waals surface area contributed by atoms with Crippen LogP contribution in [0, 0.1) is 0 Å². The number of aromatic nitrogens is 2. The van der Waals surface area contributed by atoms with E-state index in [9.17, 15) is 14.4 Å². The van der Waals surface area contributed by atoms with Gasteiger partial charge in [-0.05, 0) is 42.5 Å². The van der Waals surface area contributed by atoms with Crippen LogP contribution in [0.5, 0.6) is 11.5 Å². The quantitative estimate of drug-likeness (QED) is 0.281. The number of benzene rings is 3. The molecule has 3 amide bonds. The minimum atomic E-state index is -0.721. The number of fused-ring (bicyclic) bond motifs is 3. The van der Waals surface area contributed by atoms with Gasteiger partial charge >= 0.3 is 6.03 Å². The second-order valence-corrected chi connectivity index (χ2v) is 7.84. The molecule has 0 aliphatic heterocycles. The van der Waals surface area contributed by atoms with Crippen LogP contribution in [0.3, 0.4) is 0 Å². The zero-order valence-electron chi connectivity index (χ0n) is 19.3. The molecule has 1 heterocycles. The molecule has 10 heteroatoms. The number of carbonyl (C=O) groups excluding carboxylic acids is 3. The van der Waals surface area contributed by atoms with Gasteiger partial charge in [0.15, 0.2) is 5.78 Å². The zero-order chi connectivity index (χ0) is 25.2. The first-order valence-corrected chi connectivity index (χ1v) is 10.9. The Labute approximate surface area is 205 Å². The van der Waals surface area contributed by atoms with E-state index in [-0.39, 0.29) is 11.3 Å². The number of methoxy groups -OCH3 is 2. The van der Waals surface area contributed by atoms with Crippen molar-refractivity contribution in [3.05, 3.63) is 83.4 Å². The summed E-state index contributed by atoms with van der Waals surface area (Å²) in [5, 5.41) is 9.95. The van der Waals surface area contributed by atoms with E-state index in [0.29, 0.717) is 45.3 Å². The van der Waals surface area contributed by atoms with Crippen molar-refractivity contribution in [2.24, 2.45) is 0 Å². The molecule has 180 valence electrons. The lowest BCUT2D eigenvalue weighted by molar-refractivity contribution is 0.0934. The lowest BCUT2D eigenvalue weighted by atomic mass is 10.0. The number of urea groups is 1. The molecule has 0 unspecified atom stereocenters. The SMILES string of the molecule is COc1ccc(-c2[nH]nc3c2C(=O)c2c(NC(=O)NNC(=O)c4ccccc4OC)cccc2-3)cc1. The number of ketones is 1. The van der Waals surface area contributed by atoms with Crippen LogP contribution in [-0.4, -0.2) is 42.1 Å². The van der Waals surface area contributed by atoms with Crippen molar-refractivity contribution >= 4 is 23.4 Å². The molecule has 5 rings (SSSR count). The fourth-order valence-electron chi connectivity index (χ4n) is 4.11. The third-order valence-corrected chi connectivity index (χ3v) is 5.81. The Morgan fingerprint density at radius 2 is 1.64 bits per heavy atom.